The van der Waals surface area contributed by atoms with Gasteiger partial charge in [-0.3, -0.25) is 9.78 Å². The number of thioether (sulfide) groups is 1. The minimum absolute atomic E-state index is 0.182. The largest absolute Gasteiger partial charge is 0.459 e. The molecule has 1 unspecified atom stereocenters. The molecule has 1 fully saturated rings. The maximum atomic E-state index is 17.4. The summed E-state index contributed by atoms with van der Waals surface area (Å²) in [5.41, 5.74) is -1.80. The number of esters is 3. The molecule has 0 amide bonds. The third-order valence-corrected chi connectivity index (χ3v) is 8.58. The standard InChI is InChI=1S/C30H26FNO7S2/c1-18(33)38-30(26-24-21(17-41-26)23(40-3)14-15-32-24)29(2,31)25(37-28(35)20-12-8-5-9-13-20)22(39-30)16-36-27(34)19-10-6-4-7-11-19/h4-15,17,22,25H,16H2,1-3H3/t22-,25-,29-,30?/m1/s1. The van der Waals surface area contributed by atoms with Crippen LogP contribution in [-0.2, 0) is 29.5 Å². The van der Waals surface area contributed by atoms with Crippen LogP contribution in [0.5, 0.6) is 0 Å². The molecule has 11 heteroatoms. The summed E-state index contributed by atoms with van der Waals surface area (Å²) in [5.74, 6) is -4.69. The Balaban J connectivity index is 1.58. The number of hydrogen-bond acceptors (Lipinski definition) is 10. The fourth-order valence-corrected chi connectivity index (χ4v) is 6.63. The lowest BCUT2D eigenvalue weighted by atomic mass is 9.89. The van der Waals surface area contributed by atoms with Crippen LogP contribution < -0.4 is 0 Å². The minimum atomic E-state index is -2.64. The molecule has 1 saturated heterocycles. The first-order valence-corrected chi connectivity index (χ1v) is 14.7. The van der Waals surface area contributed by atoms with Gasteiger partial charge in [0, 0.05) is 28.8 Å². The lowest BCUT2D eigenvalue weighted by Crippen LogP contribution is -2.52. The zero-order chi connectivity index (χ0) is 29.2. The fraction of sp³-hybridized carbons (Fsp3) is 0.267. The molecular formula is C30H26FNO7S2. The molecule has 1 aliphatic rings. The van der Waals surface area contributed by atoms with Crippen LogP contribution in [0.15, 0.2) is 83.2 Å². The van der Waals surface area contributed by atoms with E-state index in [0.717, 1.165) is 35.5 Å². The zero-order valence-corrected chi connectivity index (χ0v) is 24.0. The van der Waals surface area contributed by atoms with E-state index in [-0.39, 0.29) is 16.0 Å². The predicted octanol–water partition coefficient (Wildman–Crippen LogP) is 5.94. The van der Waals surface area contributed by atoms with Crippen LogP contribution in [0.3, 0.4) is 0 Å². The number of halogens is 1. The van der Waals surface area contributed by atoms with Gasteiger partial charge in [0.1, 0.15) is 17.6 Å². The average Bonchev–Trinajstić information content (AvgIpc) is 3.50. The third-order valence-electron chi connectivity index (χ3n) is 6.73. The second-order valence-electron chi connectivity index (χ2n) is 9.44. The number of nitrogens with zero attached hydrogens (tertiary/aromatic N) is 1. The van der Waals surface area contributed by atoms with E-state index in [4.69, 9.17) is 18.9 Å². The summed E-state index contributed by atoms with van der Waals surface area (Å²) < 4.78 is 40.5. The maximum Gasteiger partial charge on any atom is 0.338 e. The lowest BCUT2D eigenvalue weighted by Gasteiger charge is -2.36. The maximum absolute atomic E-state index is 17.4. The molecule has 0 saturated carbocycles. The molecule has 212 valence electrons. The Bertz CT molecular complexity index is 1580. The van der Waals surface area contributed by atoms with Crippen molar-refractivity contribution < 1.29 is 37.7 Å². The van der Waals surface area contributed by atoms with Gasteiger partial charge in [0.2, 0.25) is 5.67 Å². The smallest absolute Gasteiger partial charge is 0.338 e. The number of ether oxygens (including phenoxy) is 4. The van der Waals surface area contributed by atoms with Crippen molar-refractivity contribution in [3.05, 3.63) is 94.3 Å². The summed E-state index contributed by atoms with van der Waals surface area (Å²) in [7, 11) is 0. The zero-order valence-electron chi connectivity index (χ0n) is 22.4. The van der Waals surface area contributed by atoms with Gasteiger partial charge in [-0.05, 0) is 43.5 Å². The average molecular weight is 596 g/mol. The molecule has 8 nitrogen and oxygen atoms in total. The van der Waals surface area contributed by atoms with Gasteiger partial charge in [-0.2, -0.15) is 0 Å². The highest BCUT2D eigenvalue weighted by molar-refractivity contribution is 7.98. The monoisotopic (exact) mass is 595 g/mol. The first-order chi connectivity index (χ1) is 19.7. The number of alkyl halides is 1. The first kappa shape index (κ1) is 28.7. The van der Waals surface area contributed by atoms with E-state index in [2.05, 4.69) is 4.98 Å². The van der Waals surface area contributed by atoms with Crippen LogP contribution in [-0.4, -0.2) is 53.6 Å². The highest BCUT2D eigenvalue weighted by Gasteiger charge is 2.71. The summed E-state index contributed by atoms with van der Waals surface area (Å²) in [5, 5.41) is 2.50. The van der Waals surface area contributed by atoms with E-state index < -0.39 is 48.2 Å². The molecule has 0 N–H and O–H groups in total. The Morgan fingerprint density at radius 1 is 1.02 bits per heavy atom. The second kappa shape index (κ2) is 11.6. The molecular weight excluding hydrogens is 569 g/mol. The molecule has 0 spiro atoms. The number of rotatable bonds is 8. The SMILES string of the molecule is CSc1ccnc2c(C3(OC(C)=O)O[C@H](COC(=O)c4ccccc4)[C@@H](OC(=O)c4ccccc4)[C@@]3(C)F)scc12. The summed E-state index contributed by atoms with van der Waals surface area (Å²) >= 11 is 2.59. The number of fused-ring (bicyclic) bond motifs is 1. The van der Waals surface area contributed by atoms with Gasteiger partial charge in [-0.25, -0.2) is 14.0 Å². The first-order valence-electron chi connectivity index (χ1n) is 12.6. The van der Waals surface area contributed by atoms with Crippen molar-refractivity contribution in [2.24, 2.45) is 0 Å². The van der Waals surface area contributed by atoms with Crippen LogP contribution in [0, 0.1) is 0 Å². The molecule has 4 atom stereocenters. The molecule has 3 heterocycles. The number of thiophene rings is 1. The van der Waals surface area contributed by atoms with E-state index in [9.17, 15) is 14.4 Å². The van der Waals surface area contributed by atoms with E-state index in [1.54, 1.807) is 60.1 Å². The number of carbonyl (C=O) groups is 3. The minimum Gasteiger partial charge on any atom is -0.459 e. The molecule has 1 aliphatic heterocycles. The van der Waals surface area contributed by atoms with Gasteiger partial charge in [-0.1, -0.05) is 36.4 Å². The molecule has 0 aliphatic carbocycles. The Labute approximate surface area is 243 Å². The summed E-state index contributed by atoms with van der Waals surface area (Å²) in [4.78, 5) is 43.9. The topological polar surface area (TPSA) is 101 Å². The summed E-state index contributed by atoms with van der Waals surface area (Å²) in [6.07, 6.45) is 0.488. The lowest BCUT2D eigenvalue weighted by molar-refractivity contribution is -0.266. The van der Waals surface area contributed by atoms with Crippen LogP contribution >= 0.6 is 23.1 Å². The van der Waals surface area contributed by atoms with Crippen molar-refractivity contribution in [2.75, 3.05) is 12.9 Å². The van der Waals surface area contributed by atoms with Gasteiger partial charge < -0.3 is 18.9 Å². The van der Waals surface area contributed by atoms with Crippen molar-refractivity contribution in [1.29, 1.82) is 0 Å². The highest BCUT2D eigenvalue weighted by Crippen LogP contribution is 2.55. The van der Waals surface area contributed by atoms with Gasteiger partial charge in [0.15, 0.2) is 6.10 Å². The summed E-state index contributed by atoms with van der Waals surface area (Å²) in [6.45, 7) is 1.78. The van der Waals surface area contributed by atoms with Crippen molar-refractivity contribution in [2.45, 2.75) is 42.4 Å². The Morgan fingerprint density at radius 3 is 2.27 bits per heavy atom. The third kappa shape index (κ3) is 5.32. The quantitative estimate of drug-likeness (QED) is 0.139. The molecule has 5 rings (SSSR count). The molecule has 41 heavy (non-hydrogen) atoms. The van der Waals surface area contributed by atoms with Crippen LogP contribution in [0.2, 0.25) is 0 Å². The van der Waals surface area contributed by atoms with Crippen LogP contribution in [0.4, 0.5) is 4.39 Å². The van der Waals surface area contributed by atoms with Gasteiger partial charge >= 0.3 is 17.9 Å². The number of aromatic nitrogens is 1. The van der Waals surface area contributed by atoms with Crippen molar-refractivity contribution in [1.82, 2.24) is 4.98 Å². The van der Waals surface area contributed by atoms with E-state index >= 15 is 4.39 Å². The normalized spacial score (nSPS) is 23.7. The van der Waals surface area contributed by atoms with Crippen LogP contribution in [0.1, 0.15) is 39.4 Å². The number of carbonyl (C=O) groups excluding carboxylic acids is 3. The van der Waals surface area contributed by atoms with Crippen molar-refractivity contribution >= 4 is 51.9 Å². The van der Waals surface area contributed by atoms with Gasteiger partial charge in [0.25, 0.3) is 5.79 Å². The van der Waals surface area contributed by atoms with Crippen LogP contribution in [0.25, 0.3) is 10.9 Å². The van der Waals surface area contributed by atoms with Gasteiger partial charge in [0.05, 0.1) is 16.6 Å². The van der Waals surface area contributed by atoms with E-state index in [1.165, 1.54) is 23.9 Å². The molecule has 0 bridgehead atoms. The molecule has 2 aromatic heterocycles. The Kier molecular flexibility index (Phi) is 8.12. The summed E-state index contributed by atoms with van der Waals surface area (Å²) in [6, 6.07) is 18.1. The van der Waals surface area contributed by atoms with Crippen molar-refractivity contribution in [3.8, 4) is 0 Å². The van der Waals surface area contributed by atoms with E-state index in [1.807, 2.05) is 12.3 Å². The number of hydrogen-bond donors (Lipinski definition) is 0. The highest BCUT2D eigenvalue weighted by atomic mass is 32.2. The fourth-order valence-electron chi connectivity index (χ4n) is 4.79. The Hall–Kier alpha value is -3.80. The molecule has 4 aromatic rings. The Morgan fingerprint density at radius 2 is 1.66 bits per heavy atom. The predicted molar refractivity (Wildman–Crippen MR) is 152 cm³/mol. The molecule has 2 aromatic carbocycles. The molecule has 0 radical (unpaired) electrons. The number of benzene rings is 2. The van der Waals surface area contributed by atoms with Gasteiger partial charge in [-0.15, -0.1) is 23.1 Å². The van der Waals surface area contributed by atoms with Crippen molar-refractivity contribution in [3.63, 3.8) is 0 Å². The number of pyridine rings is 1. The van der Waals surface area contributed by atoms with E-state index in [0.29, 0.717) is 5.52 Å². The second-order valence-corrected chi connectivity index (χ2v) is 11.2.